The summed E-state index contributed by atoms with van der Waals surface area (Å²) in [6.45, 7) is 2.75. The molecule has 1 aliphatic heterocycles. The van der Waals surface area contributed by atoms with E-state index in [1.54, 1.807) is 0 Å². The van der Waals surface area contributed by atoms with E-state index in [0.717, 1.165) is 18.4 Å². The van der Waals surface area contributed by atoms with Crippen LogP contribution >= 0.6 is 12.4 Å². The maximum absolute atomic E-state index is 8.81. The molecule has 0 bridgehead atoms. The molecule has 2 N–H and O–H groups in total. The number of fused-ring (bicyclic) bond motifs is 1. The lowest BCUT2D eigenvalue weighted by Crippen LogP contribution is -2.37. The first-order valence-corrected chi connectivity index (χ1v) is 3.73. The molecule has 1 saturated carbocycles. The summed E-state index contributed by atoms with van der Waals surface area (Å²) in [7, 11) is 0. The van der Waals surface area contributed by atoms with Crippen molar-refractivity contribution in [1.82, 2.24) is 5.32 Å². The van der Waals surface area contributed by atoms with E-state index in [4.69, 9.17) is 5.11 Å². The average molecular weight is 164 g/mol. The second-order valence-electron chi connectivity index (χ2n) is 3.26. The molecule has 2 nitrogen and oxygen atoms in total. The van der Waals surface area contributed by atoms with Crippen molar-refractivity contribution in [2.45, 2.75) is 6.42 Å². The molecule has 3 atom stereocenters. The Labute approximate surface area is 67.4 Å². The summed E-state index contributed by atoms with van der Waals surface area (Å²) in [6.07, 6.45) is 1.26. The van der Waals surface area contributed by atoms with Gasteiger partial charge in [-0.25, -0.2) is 0 Å². The number of hydrogen-bond donors (Lipinski definition) is 2. The highest BCUT2D eigenvalue weighted by molar-refractivity contribution is 5.85. The van der Waals surface area contributed by atoms with Crippen LogP contribution in [-0.4, -0.2) is 24.8 Å². The standard InChI is InChI=1S/C7H13NO.ClH/c9-4-6-1-5-2-8-3-7(5)6;/h5-9H,1-4H2;1H/t5-,6+,7+;/m1./s1. The third kappa shape index (κ3) is 1.04. The van der Waals surface area contributed by atoms with Gasteiger partial charge in [-0.05, 0) is 37.3 Å². The van der Waals surface area contributed by atoms with Crippen LogP contribution in [0.25, 0.3) is 0 Å². The van der Waals surface area contributed by atoms with Crippen LogP contribution in [-0.2, 0) is 0 Å². The molecule has 0 spiro atoms. The lowest BCUT2D eigenvalue weighted by atomic mass is 9.67. The van der Waals surface area contributed by atoms with Crippen molar-refractivity contribution in [1.29, 1.82) is 0 Å². The topological polar surface area (TPSA) is 32.3 Å². The zero-order valence-electron chi connectivity index (χ0n) is 5.92. The van der Waals surface area contributed by atoms with Crippen LogP contribution in [0.2, 0.25) is 0 Å². The average Bonchev–Trinajstić information content (AvgIpc) is 2.14. The van der Waals surface area contributed by atoms with Crippen molar-refractivity contribution in [2.75, 3.05) is 19.7 Å². The van der Waals surface area contributed by atoms with Gasteiger partial charge in [0.15, 0.2) is 0 Å². The van der Waals surface area contributed by atoms with Gasteiger partial charge in [-0.15, -0.1) is 12.4 Å². The number of nitrogens with one attached hydrogen (secondary N) is 1. The van der Waals surface area contributed by atoms with E-state index >= 15 is 0 Å². The van der Waals surface area contributed by atoms with E-state index in [9.17, 15) is 0 Å². The van der Waals surface area contributed by atoms with E-state index in [1.165, 1.54) is 13.0 Å². The minimum absolute atomic E-state index is 0. The predicted molar refractivity (Wildman–Crippen MR) is 42.3 cm³/mol. The van der Waals surface area contributed by atoms with Crippen molar-refractivity contribution >= 4 is 12.4 Å². The lowest BCUT2D eigenvalue weighted by molar-refractivity contribution is 0.0579. The number of aliphatic hydroxyl groups excluding tert-OH is 1. The van der Waals surface area contributed by atoms with E-state index < -0.39 is 0 Å². The molecule has 3 heteroatoms. The van der Waals surface area contributed by atoms with Crippen molar-refractivity contribution in [3.8, 4) is 0 Å². The van der Waals surface area contributed by atoms with Crippen LogP contribution < -0.4 is 5.32 Å². The van der Waals surface area contributed by atoms with Gasteiger partial charge >= 0.3 is 0 Å². The molecule has 0 aromatic rings. The maximum atomic E-state index is 8.81. The predicted octanol–water partition coefficient (Wildman–Crippen LogP) is 0.256. The van der Waals surface area contributed by atoms with Crippen LogP contribution in [0.3, 0.4) is 0 Å². The van der Waals surface area contributed by atoms with Crippen LogP contribution in [0.1, 0.15) is 6.42 Å². The van der Waals surface area contributed by atoms with E-state index in [-0.39, 0.29) is 12.4 Å². The van der Waals surface area contributed by atoms with Gasteiger partial charge in [-0.2, -0.15) is 0 Å². The summed E-state index contributed by atoms with van der Waals surface area (Å²) in [6, 6.07) is 0. The van der Waals surface area contributed by atoms with Gasteiger partial charge in [-0.3, -0.25) is 0 Å². The van der Waals surface area contributed by atoms with Gasteiger partial charge < -0.3 is 10.4 Å². The maximum Gasteiger partial charge on any atom is 0.0462 e. The summed E-state index contributed by atoms with van der Waals surface area (Å²) in [5.74, 6) is 2.35. The minimum atomic E-state index is 0. The fourth-order valence-electron chi connectivity index (χ4n) is 2.14. The Kier molecular flexibility index (Phi) is 2.55. The minimum Gasteiger partial charge on any atom is -0.396 e. The molecule has 2 fully saturated rings. The lowest BCUT2D eigenvalue weighted by Gasteiger charge is -2.38. The molecule has 0 aromatic carbocycles. The van der Waals surface area contributed by atoms with E-state index in [2.05, 4.69) is 5.32 Å². The van der Waals surface area contributed by atoms with Crippen molar-refractivity contribution in [2.24, 2.45) is 17.8 Å². The Hall–Kier alpha value is 0.210. The summed E-state index contributed by atoms with van der Waals surface area (Å²) in [4.78, 5) is 0. The molecule has 1 saturated heterocycles. The summed E-state index contributed by atoms with van der Waals surface area (Å²) < 4.78 is 0. The van der Waals surface area contributed by atoms with Gasteiger partial charge in [0.2, 0.25) is 0 Å². The van der Waals surface area contributed by atoms with Crippen LogP contribution in [0.5, 0.6) is 0 Å². The fraction of sp³-hybridized carbons (Fsp3) is 1.00. The Morgan fingerprint density at radius 1 is 1.40 bits per heavy atom. The first-order chi connectivity index (χ1) is 4.42. The van der Waals surface area contributed by atoms with Crippen molar-refractivity contribution in [3.63, 3.8) is 0 Å². The first kappa shape index (κ1) is 8.31. The zero-order valence-corrected chi connectivity index (χ0v) is 6.73. The van der Waals surface area contributed by atoms with Crippen LogP contribution in [0, 0.1) is 17.8 Å². The third-order valence-electron chi connectivity index (χ3n) is 2.84. The quantitative estimate of drug-likeness (QED) is 0.581. The Morgan fingerprint density at radius 2 is 2.20 bits per heavy atom. The molecule has 60 valence electrons. The highest BCUT2D eigenvalue weighted by Crippen LogP contribution is 2.41. The Morgan fingerprint density at radius 3 is 2.80 bits per heavy atom. The third-order valence-corrected chi connectivity index (χ3v) is 2.84. The molecule has 0 unspecified atom stereocenters. The number of halogens is 1. The number of hydrogen-bond acceptors (Lipinski definition) is 2. The Bertz CT molecular complexity index is 120. The summed E-state index contributed by atoms with van der Waals surface area (Å²) in [5.41, 5.74) is 0. The molecule has 2 rings (SSSR count). The van der Waals surface area contributed by atoms with Crippen LogP contribution in [0.15, 0.2) is 0 Å². The summed E-state index contributed by atoms with van der Waals surface area (Å²) >= 11 is 0. The molecule has 0 amide bonds. The van der Waals surface area contributed by atoms with Gasteiger partial charge in [-0.1, -0.05) is 0 Å². The van der Waals surface area contributed by atoms with Crippen molar-refractivity contribution < 1.29 is 5.11 Å². The van der Waals surface area contributed by atoms with Gasteiger partial charge in [0.25, 0.3) is 0 Å². The molecule has 1 aliphatic carbocycles. The molecular formula is C7H14ClNO. The zero-order chi connectivity index (χ0) is 6.27. The highest BCUT2D eigenvalue weighted by atomic mass is 35.5. The number of rotatable bonds is 1. The molecule has 0 radical (unpaired) electrons. The van der Waals surface area contributed by atoms with Gasteiger partial charge in [0.05, 0.1) is 0 Å². The van der Waals surface area contributed by atoms with Gasteiger partial charge in [0.1, 0.15) is 0 Å². The molecule has 0 aromatic heterocycles. The molecule has 1 heterocycles. The SMILES string of the molecule is Cl.OC[C@@H]1C[C@@H]2CNC[C@H]12. The highest BCUT2D eigenvalue weighted by Gasteiger charge is 2.42. The molecule has 2 aliphatic rings. The number of aliphatic hydroxyl groups is 1. The normalized spacial score (nSPS) is 43.5. The largest absolute Gasteiger partial charge is 0.396 e. The monoisotopic (exact) mass is 163 g/mol. The van der Waals surface area contributed by atoms with E-state index in [1.807, 2.05) is 0 Å². The van der Waals surface area contributed by atoms with Crippen LogP contribution in [0.4, 0.5) is 0 Å². The fourth-order valence-corrected chi connectivity index (χ4v) is 2.14. The molecule has 10 heavy (non-hydrogen) atoms. The molecular weight excluding hydrogens is 150 g/mol. The van der Waals surface area contributed by atoms with Crippen molar-refractivity contribution in [3.05, 3.63) is 0 Å². The summed E-state index contributed by atoms with van der Waals surface area (Å²) in [5, 5.41) is 12.1. The second-order valence-corrected chi connectivity index (χ2v) is 3.26. The second kappa shape index (κ2) is 3.07. The Balaban J connectivity index is 0.000000500. The smallest absolute Gasteiger partial charge is 0.0462 e. The van der Waals surface area contributed by atoms with E-state index in [0.29, 0.717) is 12.5 Å². The van der Waals surface area contributed by atoms with Gasteiger partial charge in [0, 0.05) is 6.61 Å². The first-order valence-electron chi connectivity index (χ1n) is 3.73.